The van der Waals surface area contributed by atoms with Gasteiger partial charge in [-0.3, -0.25) is 14.9 Å². The van der Waals surface area contributed by atoms with Gasteiger partial charge in [-0.1, -0.05) is 19.4 Å². The van der Waals surface area contributed by atoms with Gasteiger partial charge in [0, 0.05) is 32.6 Å². The van der Waals surface area contributed by atoms with Crippen LogP contribution in [0.15, 0.2) is 18.2 Å². The number of hydrogen-bond donors (Lipinski definition) is 1. The predicted octanol–water partition coefficient (Wildman–Crippen LogP) is 2.79. The minimum Gasteiger partial charge on any atom is -0.383 e. The average molecular weight is 291 g/mol. The van der Waals surface area contributed by atoms with Gasteiger partial charge >= 0.3 is 0 Å². The predicted molar refractivity (Wildman–Crippen MR) is 81.1 cm³/mol. The lowest BCUT2D eigenvalue weighted by molar-refractivity contribution is -0.384. The summed E-state index contributed by atoms with van der Waals surface area (Å²) in [5.41, 5.74) is 1.33. The van der Waals surface area contributed by atoms with Crippen LogP contribution in [0.5, 0.6) is 0 Å². The van der Waals surface area contributed by atoms with E-state index in [4.69, 9.17) is 0 Å². The molecule has 2 rings (SSSR count). The summed E-state index contributed by atoms with van der Waals surface area (Å²) in [6, 6.07) is 5.07. The number of nitro benzene ring substituents is 1. The van der Waals surface area contributed by atoms with Crippen molar-refractivity contribution < 1.29 is 9.72 Å². The van der Waals surface area contributed by atoms with Gasteiger partial charge in [0.15, 0.2) is 0 Å². The maximum absolute atomic E-state index is 12.0. The highest BCUT2D eigenvalue weighted by atomic mass is 16.6. The summed E-state index contributed by atoms with van der Waals surface area (Å²) in [4.78, 5) is 24.4. The van der Waals surface area contributed by atoms with Crippen LogP contribution in [0.4, 0.5) is 11.4 Å². The van der Waals surface area contributed by atoms with E-state index < -0.39 is 4.92 Å². The Labute approximate surface area is 124 Å². The van der Waals surface area contributed by atoms with Crippen molar-refractivity contribution in [3.63, 3.8) is 0 Å². The van der Waals surface area contributed by atoms with Crippen molar-refractivity contribution >= 4 is 17.3 Å². The normalized spacial score (nSPS) is 18.1. The zero-order chi connectivity index (χ0) is 15.4. The molecule has 1 aromatic rings. The third-order valence-corrected chi connectivity index (χ3v) is 3.89. The Bertz CT molecular complexity index is 545. The van der Waals surface area contributed by atoms with Crippen molar-refractivity contribution in [3.05, 3.63) is 33.9 Å². The van der Waals surface area contributed by atoms with Crippen molar-refractivity contribution in [2.45, 2.75) is 32.7 Å². The summed E-state index contributed by atoms with van der Waals surface area (Å²) >= 11 is 0. The molecule has 114 valence electrons. The van der Waals surface area contributed by atoms with Gasteiger partial charge in [-0.25, -0.2) is 0 Å². The standard InChI is InChI=1S/C15H21N3O3/c1-3-4-11-8-15(19)17(9-11)10-12-5-6-13(16-2)14(7-12)18(20)21/h5-7,11,16H,3-4,8-10H2,1-2H3. The van der Waals surface area contributed by atoms with Gasteiger partial charge in [0.2, 0.25) is 5.91 Å². The topological polar surface area (TPSA) is 75.5 Å². The molecule has 1 aliphatic heterocycles. The first-order valence-corrected chi connectivity index (χ1v) is 7.28. The fourth-order valence-corrected chi connectivity index (χ4v) is 2.87. The fourth-order valence-electron chi connectivity index (χ4n) is 2.87. The van der Waals surface area contributed by atoms with E-state index in [0.717, 1.165) is 24.9 Å². The molecule has 6 nitrogen and oxygen atoms in total. The molecule has 1 aliphatic rings. The molecule has 1 heterocycles. The summed E-state index contributed by atoms with van der Waals surface area (Å²) in [7, 11) is 1.65. The third kappa shape index (κ3) is 3.51. The van der Waals surface area contributed by atoms with Gasteiger partial charge in [-0.05, 0) is 24.0 Å². The molecule has 1 fully saturated rings. The second kappa shape index (κ2) is 6.56. The van der Waals surface area contributed by atoms with Gasteiger partial charge in [0.1, 0.15) is 5.69 Å². The Morgan fingerprint density at radius 1 is 1.48 bits per heavy atom. The Morgan fingerprint density at radius 2 is 2.24 bits per heavy atom. The van der Waals surface area contributed by atoms with Crippen LogP contribution in [0.2, 0.25) is 0 Å². The van der Waals surface area contributed by atoms with E-state index in [1.54, 1.807) is 24.1 Å². The fraction of sp³-hybridized carbons (Fsp3) is 0.533. The quantitative estimate of drug-likeness (QED) is 0.646. The van der Waals surface area contributed by atoms with Gasteiger partial charge < -0.3 is 10.2 Å². The largest absolute Gasteiger partial charge is 0.383 e. The molecule has 1 amide bonds. The molecule has 6 heteroatoms. The van der Waals surface area contributed by atoms with E-state index in [-0.39, 0.29) is 11.6 Å². The van der Waals surface area contributed by atoms with Gasteiger partial charge in [-0.15, -0.1) is 0 Å². The van der Waals surface area contributed by atoms with Crippen molar-refractivity contribution in [1.29, 1.82) is 0 Å². The number of nitrogens with one attached hydrogen (secondary N) is 1. The highest BCUT2D eigenvalue weighted by Crippen LogP contribution is 2.28. The summed E-state index contributed by atoms with van der Waals surface area (Å²) in [5, 5.41) is 13.9. The molecule has 0 bridgehead atoms. The van der Waals surface area contributed by atoms with Crippen LogP contribution in [-0.2, 0) is 11.3 Å². The van der Waals surface area contributed by atoms with Gasteiger partial charge in [0.25, 0.3) is 5.69 Å². The van der Waals surface area contributed by atoms with Crippen LogP contribution in [0.1, 0.15) is 31.7 Å². The molecule has 1 saturated heterocycles. The Kier molecular flexibility index (Phi) is 4.77. The van der Waals surface area contributed by atoms with E-state index in [1.165, 1.54) is 0 Å². The number of carbonyl (C=O) groups excluding carboxylic acids is 1. The number of rotatable bonds is 6. The van der Waals surface area contributed by atoms with Crippen LogP contribution < -0.4 is 5.32 Å². The van der Waals surface area contributed by atoms with Crippen molar-refractivity contribution in [2.24, 2.45) is 5.92 Å². The first kappa shape index (κ1) is 15.3. The molecule has 1 N–H and O–H groups in total. The molecule has 0 saturated carbocycles. The highest BCUT2D eigenvalue weighted by Gasteiger charge is 2.29. The minimum atomic E-state index is -0.402. The van der Waals surface area contributed by atoms with Crippen LogP contribution in [0, 0.1) is 16.0 Å². The number of anilines is 1. The second-order valence-corrected chi connectivity index (χ2v) is 5.49. The molecule has 1 atom stereocenters. The van der Waals surface area contributed by atoms with E-state index >= 15 is 0 Å². The first-order valence-electron chi connectivity index (χ1n) is 7.28. The molecule has 1 aromatic carbocycles. The summed E-state index contributed by atoms with van der Waals surface area (Å²) < 4.78 is 0. The molecular formula is C15H21N3O3. The Morgan fingerprint density at radius 3 is 2.86 bits per heavy atom. The summed E-state index contributed by atoms with van der Waals surface area (Å²) in [6.07, 6.45) is 2.74. The number of likely N-dealkylation sites (tertiary alicyclic amines) is 1. The van der Waals surface area contributed by atoms with Crippen molar-refractivity contribution in [3.8, 4) is 0 Å². The molecular weight excluding hydrogens is 270 g/mol. The van der Waals surface area contributed by atoms with Gasteiger partial charge in [0.05, 0.1) is 4.92 Å². The third-order valence-electron chi connectivity index (χ3n) is 3.89. The number of hydrogen-bond acceptors (Lipinski definition) is 4. The van der Waals surface area contributed by atoms with Crippen molar-refractivity contribution in [1.82, 2.24) is 4.90 Å². The van der Waals surface area contributed by atoms with Crippen LogP contribution >= 0.6 is 0 Å². The first-order chi connectivity index (χ1) is 10.0. The average Bonchev–Trinajstić information content (AvgIpc) is 2.79. The lowest BCUT2D eigenvalue weighted by Crippen LogP contribution is -2.24. The maximum atomic E-state index is 12.0. The number of nitro groups is 1. The molecule has 0 radical (unpaired) electrons. The van der Waals surface area contributed by atoms with E-state index in [0.29, 0.717) is 24.6 Å². The molecule has 0 spiro atoms. The van der Waals surface area contributed by atoms with Crippen LogP contribution in [0.25, 0.3) is 0 Å². The highest BCUT2D eigenvalue weighted by molar-refractivity contribution is 5.78. The van der Waals surface area contributed by atoms with Crippen molar-refractivity contribution in [2.75, 3.05) is 18.9 Å². The number of benzene rings is 1. The maximum Gasteiger partial charge on any atom is 0.292 e. The SMILES string of the molecule is CCCC1CC(=O)N(Cc2ccc(NC)c([N+](=O)[O-])c2)C1. The molecule has 1 unspecified atom stereocenters. The van der Waals surface area contributed by atoms with Crippen LogP contribution in [0.3, 0.4) is 0 Å². The van der Waals surface area contributed by atoms with E-state index in [9.17, 15) is 14.9 Å². The summed E-state index contributed by atoms with van der Waals surface area (Å²) in [6.45, 7) is 3.32. The molecule has 0 aliphatic carbocycles. The van der Waals surface area contributed by atoms with E-state index in [1.807, 2.05) is 6.07 Å². The number of nitrogens with zero attached hydrogens (tertiary/aromatic N) is 2. The van der Waals surface area contributed by atoms with Crippen LogP contribution in [-0.4, -0.2) is 29.3 Å². The smallest absolute Gasteiger partial charge is 0.292 e. The van der Waals surface area contributed by atoms with E-state index in [2.05, 4.69) is 12.2 Å². The minimum absolute atomic E-state index is 0.0479. The zero-order valence-electron chi connectivity index (χ0n) is 12.5. The number of carbonyl (C=O) groups is 1. The monoisotopic (exact) mass is 291 g/mol. The zero-order valence-corrected chi connectivity index (χ0v) is 12.5. The second-order valence-electron chi connectivity index (χ2n) is 5.49. The molecule has 21 heavy (non-hydrogen) atoms. The molecule has 0 aromatic heterocycles. The van der Waals surface area contributed by atoms with Gasteiger partial charge in [-0.2, -0.15) is 0 Å². The lowest BCUT2D eigenvalue weighted by Gasteiger charge is -2.17. The Hall–Kier alpha value is -2.11. The summed E-state index contributed by atoms with van der Waals surface area (Å²) in [5.74, 6) is 0.572. The number of amides is 1. The Balaban J connectivity index is 2.11. The lowest BCUT2D eigenvalue weighted by atomic mass is 10.0.